The standard InChI is InChI=1S/C33H28F3OP/c34-33(35,36)31-22-12-10-14-26(31)24-37-32-23-13-11-15-27(32)25-38(28-16-4-1-5-17-28,29-18-6-2-7-19-29)30-20-8-3-9-21-30/h1-23,38H,24-25H2. The number of halogens is 3. The SMILES string of the molecule is FC(F)(F)c1ccccc1COc1ccccc1C[PH](c1ccccc1)(c1ccccc1)c1ccccc1. The van der Waals surface area contributed by atoms with Crippen LogP contribution in [0.1, 0.15) is 16.7 Å². The second-order valence-electron chi connectivity index (χ2n) is 9.23. The molecule has 0 unspecified atom stereocenters. The van der Waals surface area contributed by atoms with Gasteiger partial charge >= 0.3 is 222 Å². The van der Waals surface area contributed by atoms with Crippen LogP contribution in [0.3, 0.4) is 0 Å². The average molecular weight is 529 g/mol. The van der Waals surface area contributed by atoms with Crippen molar-refractivity contribution in [3.05, 3.63) is 156 Å². The fraction of sp³-hybridized carbons (Fsp3) is 0.0909. The zero-order chi connectivity index (χ0) is 26.4. The van der Waals surface area contributed by atoms with Gasteiger partial charge in [0.05, 0.1) is 0 Å². The number of benzene rings is 5. The molecule has 0 saturated heterocycles. The van der Waals surface area contributed by atoms with Crippen molar-refractivity contribution in [2.75, 3.05) is 0 Å². The Labute approximate surface area is 221 Å². The van der Waals surface area contributed by atoms with Crippen molar-refractivity contribution in [2.24, 2.45) is 0 Å². The van der Waals surface area contributed by atoms with Gasteiger partial charge in [-0.25, -0.2) is 0 Å². The van der Waals surface area contributed by atoms with E-state index in [1.807, 2.05) is 42.5 Å². The summed E-state index contributed by atoms with van der Waals surface area (Å²) in [5, 5.41) is 3.78. The van der Waals surface area contributed by atoms with Crippen molar-refractivity contribution in [3.63, 3.8) is 0 Å². The minimum absolute atomic E-state index is 0.118. The van der Waals surface area contributed by atoms with E-state index >= 15 is 0 Å². The van der Waals surface area contributed by atoms with Gasteiger partial charge in [0.1, 0.15) is 0 Å². The maximum absolute atomic E-state index is 13.6. The molecule has 0 aliphatic rings. The molecule has 0 atom stereocenters. The fourth-order valence-electron chi connectivity index (χ4n) is 5.13. The van der Waals surface area contributed by atoms with Gasteiger partial charge in [0, 0.05) is 0 Å². The molecule has 192 valence electrons. The quantitative estimate of drug-likeness (QED) is 0.189. The summed E-state index contributed by atoms with van der Waals surface area (Å²) in [5.74, 6) is 0.601. The Morgan fingerprint density at radius 2 is 0.921 bits per heavy atom. The number of rotatable bonds is 8. The van der Waals surface area contributed by atoms with Gasteiger partial charge in [-0.3, -0.25) is 0 Å². The van der Waals surface area contributed by atoms with Crippen LogP contribution in [0.25, 0.3) is 0 Å². The monoisotopic (exact) mass is 528 g/mol. The molecule has 1 nitrogen and oxygen atoms in total. The van der Waals surface area contributed by atoms with Gasteiger partial charge in [-0.2, -0.15) is 0 Å². The molecule has 5 aromatic carbocycles. The van der Waals surface area contributed by atoms with E-state index in [0.29, 0.717) is 11.9 Å². The summed E-state index contributed by atoms with van der Waals surface area (Å²) in [6.07, 6.45) is -3.74. The van der Waals surface area contributed by atoms with Gasteiger partial charge in [0.15, 0.2) is 0 Å². The minimum atomic E-state index is -4.44. The van der Waals surface area contributed by atoms with Gasteiger partial charge in [0.2, 0.25) is 0 Å². The van der Waals surface area contributed by atoms with Crippen LogP contribution in [0.15, 0.2) is 140 Å². The van der Waals surface area contributed by atoms with Crippen LogP contribution >= 0.6 is 7.26 Å². The van der Waals surface area contributed by atoms with E-state index in [9.17, 15) is 13.2 Å². The van der Waals surface area contributed by atoms with Crippen LogP contribution < -0.4 is 20.7 Å². The normalized spacial score (nSPS) is 12.2. The van der Waals surface area contributed by atoms with E-state index in [1.165, 1.54) is 28.0 Å². The Kier molecular flexibility index (Phi) is 7.62. The number of alkyl halides is 3. The topological polar surface area (TPSA) is 9.23 Å². The molecular weight excluding hydrogens is 500 g/mol. The van der Waals surface area contributed by atoms with Gasteiger partial charge in [-0.15, -0.1) is 0 Å². The van der Waals surface area contributed by atoms with Crippen LogP contribution in [0.2, 0.25) is 0 Å². The van der Waals surface area contributed by atoms with Crippen LogP contribution in [0, 0.1) is 0 Å². The van der Waals surface area contributed by atoms with Gasteiger partial charge in [-0.1, -0.05) is 0 Å². The Morgan fingerprint density at radius 3 is 1.42 bits per heavy atom. The number of hydrogen-bond acceptors (Lipinski definition) is 1. The molecule has 0 spiro atoms. The van der Waals surface area contributed by atoms with E-state index in [0.717, 1.165) is 11.6 Å². The first-order valence-corrected chi connectivity index (χ1v) is 14.7. The van der Waals surface area contributed by atoms with Crippen molar-refractivity contribution in [3.8, 4) is 5.75 Å². The Hall–Kier alpha value is -3.88. The van der Waals surface area contributed by atoms with Crippen molar-refractivity contribution in [1.29, 1.82) is 0 Å². The van der Waals surface area contributed by atoms with Crippen molar-refractivity contribution in [1.82, 2.24) is 0 Å². The fourth-order valence-corrected chi connectivity index (χ4v) is 9.89. The van der Waals surface area contributed by atoms with E-state index < -0.39 is 19.0 Å². The van der Waals surface area contributed by atoms with Crippen molar-refractivity contribution < 1.29 is 17.9 Å². The van der Waals surface area contributed by atoms with E-state index in [1.54, 1.807) is 6.07 Å². The molecule has 5 rings (SSSR count). The number of para-hydroxylation sites is 1. The summed E-state index contributed by atoms with van der Waals surface area (Å²) < 4.78 is 46.9. The predicted octanol–water partition coefficient (Wildman–Crippen LogP) is 7.51. The molecule has 0 aromatic heterocycles. The van der Waals surface area contributed by atoms with Crippen molar-refractivity contribution >= 4 is 23.2 Å². The van der Waals surface area contributed by atoms with Crippen LogP contribution in [0.4, 0.5) is 13.2 Å². The average Bonchev–Trinajstić information content (AvgIpc) is 2.96. The molecule has 0 aliphatic carbocycles. The third kappa shape index (κ3) is 5.37. The molecule has 0 aliphatic heterocycles. The number of ether oxygens (including phenoxy) is 1. The first kappa shape index (κ1) is 25.8. The molecule has 0 fully saturated rings. The molecule has 0 amide bonds. The number of hydrogen-bond donors (Lipinski definition) is 0. The maximum atomic E-state index is 13.6. The molecule has 38 heavy (non-hydrogen) atoms. The van der Waals surface area contributed by atoms with Gasteiger partial charge < -0.3 is 0 Å². The van der Waals surface area contributed by atoms with Gasteiger partial charge in [0.25, 0.3) is 0 Å². The molecular formula is C33H28F3OP. The third-order valence-electron chi connectivity index (χ3n) is 6.93. The van der Waals surface area contributed by atoms with E-state index in [4.69, 9.17) is 4.74 Å². The molecule has 5 aromatic rings. The molecule has 0 heterocycles. The first-order valence-electron chi connectivity index (χ1n) is 12.5. The summed E-state index contributed by atoms with van der Waals surface area (Å²) in [6.45, 7) is -0.163. The van der Waals surface area contributed by atoms with E-state index in [-0.39, 0.29) is 12.2 Å². The van der Waals surface area contributed by atoms with Crippen LogP contribution in [-0.2, 0) is 18.9 Å². The zero-order valence-corrected chi connectivity index (χ0v) is 21.7. The Balaban J connectivity index is 1.60. The second kappa shape index (κ2) is 11.2. The Bertz CT molecular complexity index is 1370. The predicted molar refractivity (Wildman–Crippen MR) is 152 cm³/mol. The molecule has 5 heteroatoms. The third-order valence-corrected chi connectivity index (χ3v) is 11.8. The Morgan fingerprint density at radius 1 is 0.500 bits per heavy atom. The summed E-state index contributed by atoms with van der Waals surface area (Å²) in [6, 6.07) is 44.9. The van der Waals surface area contributed by atoms with Crippen LogP contribution in [0.5, 0.6) is 5.75 Å². The summed E-state index contributed by atoms with van der Waals surface area (Å²) in [4.78, 5) is 0. The summed E-state index contributed by atoms with van der Waals surface area (Å²) in [7, 11) is -2.61. The molecule has 0 radical (unpaired) electrons. The summed E-state index contributed by atoms with van der Waals surface area (Å²) >= 11 is 0. The summed E-state index contributed by atoms with van der Waals surface area (Å²) in [5.41, 5.74) is 0.423. The molecule has 0 N–H and O–H groups in total. The van der Waals surface area contributed by atoms with Crippen molar-refractivity contribution in [2.45, 2.75) is 18.9 Å². The van der Waals surface area contributed by atoms with E-state index in [2.05, 4.69) is 72.8 Å². The zero-order valence-electron chi connectivity index (χ0n) is 20.7. The molecule has 0 saturated carbocycles. The van der Waals surface area contributed by atoms with Gasteiger partial charge in [-0.05, 0) is 0 Å². The van der Waals surface area contributed by atoms with Crippen LogP contribution in [-0.4, -0.2) is 0 Å². The first-order chi connectivity index (χ1) is 18.5. The molecule has 0 bridgehead atoms. The second-order valence-corrected chi connectivity index (χ2v) is 13.1.